The maximum Gasteiger partial charge on any atom is 0.168 e. The standard InChI is InChI=1S/C17H11ClN4O/c18-14-8-15-13(16(10-23)21-20-15)7-12(14)11-3-4-17(19-9-11)22-5-1-2-6-22/h1-10H,(H,20,21). The molecular formula is C17H11ClN4O. The zero-order chi connectivity index (χ0) is 15.8. The van der Waals surface area contributed by atoms with E-state index in [1.807, 2.05) is 47.3 Å². The van der Waals surface area contributed by atoms with Gasteiger partial charge in [-0.25, -0.2) is 4.98 Å². The summed E-state index contributed by atoms with van der Waals surface area (Å²) in [7, 11) is 0. The summed E-state index contributed by atoms with van der Waals surface area (Å²) in [5.41, 5.74) is 2.80. The van der Waals surface area contributed by atoms with Crippen molar-refractivity contribution in [3.8, 4) is 16.9 Å². The molecule has 0 unspecified atom stereocenters. The lowest BCUT2D eigenvalue weighted by molar-refractivity contribution is 0.112. The molecule has 0 bridgehead atoms. The van der Waals surface area contributed by atoms with E-state index >= 15 is 0 Å². The number of hydrogen-bond donors (Lipinski definition) is 1. The molecule has 1 N–H and O–H groups in total. The first-order valence-electron chi connectivity index (χ1n) is 6.99. The highest BCUT2D eigenvalue weighted by atomic mass is 35.5. The highest BCUT2D eigenvalue weighted by Crippen LogP contribution is 2.32. The maximum atomic E-state index is 11.1. The van der Waals surface area contributed by atoms with Crippen LogP contribution in [-0.2, 0) is 0 Å². The molecule has 0 fully saturated rings. The topological polar surface area (TPSA) is 63.6 Å². The Kier molecular flexibility index (Phi) is 3.20. The summed E-state index contributed by atoms with van der Waals surface area (Å²) in [6.07, 6.45) is 6.38. The van der Waals surface area contributed by atoms with Crippen LogP contribution in [0.25, 0.3) is 27.8 Å². The molecule has 3 heterocycles. The molecule has 3 aromatic heterocycles. The van der Waals surface area contributed by atoms with Gasteiger partial charge in [-0.15, -0.1) is 0 Å². The van der Waals surface area contributed by atoms with Crippen molar-refractivity contribution in [1.29, 1.82) is 0 Å². The average molecular weight is 323 g/mol. The number of H-pyrrole nitrogens is 1. The molecule has 0 aliphatic heterocycles. The number of aromatic nitrogens is 4. The molecule has 23 heavy (non-hydrogen) atoms. The third kappa shape index (κ3) is 2.31. The van der Waals surface area contributed by atoms with E-state index in [1.54, 1.807) is 12.3 Å². The zero-order valence-electron chi connectivity index (χ0n) is 11.9. The van der Waals surface area contributed by atoms with Gasteiger partial charge in [0.05, 0.1) is 10.5 Å². The van der Waals surface area contributed by atoms with Gasteiger partial charge in [-0.05, 0) is 36.4 Å². The number of halogens is 1. The van der Waals surface area contributed by atoms with E-state index in [9.17, 15) is 4.79 Å². The van der Waals surface area contributed by atoms with Gasteiger partial charge in [-0.3, -0.25) is 9.89 Å². The number of carbonyl (C=O) groups is 1. The van der Waals surface area contributed by atoms with Gasteiger partial charge in [0.15, 0.2) is 6.29 Å². The molecule has 0 atom stereocenters. The van der Waals surface area contributed by atoms with Crippen LogP contribution in [0.4, 0.5) is 0 Å². The normalized spacial score (nSPS) is 11.0. The number of nitrogens with one attached hydrogen (secondary N) is 1. The van der Waals surface area contributed by atoms with Crippen LogP contribution in [0.3, 0.4) is 0 Å². The second-order valence-corrected chi connectivity index (χ2v) is 5.51. The quantitative estimate of drug-likeness (QED) is 0.582. The minimum absolute atomic E-state index is 0.440. The van der Waals surface area contributed by atoms with Crippen LogP contribution in [0, 0.1) is 0 Å². The van der Waals surface area contributed by atoms with Crippen LogP contribution >= 0.6 is 11.6 Å². The van der Waals surface area contributed by atoms with Crippen LogP contribution in [0.2, 0.25) is 5.02 Å². The van der Waals surface area contributed by atoms with Crippen LogP contribution < -0.4 is 0 Å². The minimum atomic E-state index is 0.440. The van der Waals surface area contributed by atoms with E-state index in [0.717, 1.165) is 28.6 Å². The predicted molar refractivity (Wildman–Crippen MR) is 89.0 cm³/mol. The molecule has 0 radical (unpaired) electrons. The highest BCUT2D eigenvalue weighted by molar-refractivity contribution is 6.34. The average Bonchev–Trinajstić information content (AvgIpc) is 3.23. The van der Waals surface area contributed by atoms with Gasteiger partial charge >= 0.3 is 0 Å². The zero-order valence-corrected chi connectivity index (χ0v) is 12.7. The monoisotopic (exact) mass is 322 g/mol. The van der Waals surface area contributed by atoms with Crippen molar-refractivity contribution in [2.75, 3.05) is 0 Å². The third-order valence-electron chi connectivity index (χ3n) is 3.72. The molecule has 0 amide bonds. The second-order valence-electron chi connectivity index (χ2n) is 5.10. The van der Waals surface area contributed by atoms with E-state index in [0.29, 0.717) is 16.2 Å². The van der Waals surface area contributed by atoms with Crippen molar-refractivity contribution in [3.63, 3.8) is 0 Å². The van der Waals surface area contributed by atoms with Crippen LogP contribution in [-0.4, -0.2) is 26.0 Å². The lowest BCUT2D eigenvalue weighted by Crippen LogP contribution is -1.93. The van der Waals surface area contributed by atoms with Crippen LogP contribution in [0.15, 0.2) is 55.0 Å². The number of rotatable bonds is 3. The van der Waals surface area contributed by atoms with Crippen molar-refractivity contribution in [1.82, 2.24) is 19.7 Å². The lowest BCUT2D eigenvalue weighted by Gasteiger charge is -2.07. The molecule has 6 heteroatoms. The number of carbonyl (C=O) groups excluding carboxylic acids is 1. The van der Waals surface area contributed by atoms with E-state index < -0.39 is 0 Å². The number of pyridine rings is 1. The maximum absolute atomic E-state index is 11.1. The van der Waals surface area contributed by atoms with Gasteiger partial charge in [-0.2, -0.15) is 5.10 Å². The Balaban J connectivity index is 1.82. The minimum Gasteiger partial charge on any atom is -0.309 e. The van der Waals surface area contributed by atoms with Crippen molar-refractivity contribution in [2.24, 2.45) is 0 Å². The van der Waals surface area contributed by atoms with E-state index in [1.165, 1.54) is 0 Å². The summed E-state index contributed by atoms with van der Waals surface area (Å²) >= 11 is 6.35. The molecular weight excluding hydrogens is 312 g/mol. The fourth-order valence-electron chi connectivity index (χ4n) is 2.55. The van der Waals surface area contributed by atoms with Gasteiger partial charge in [0.25, 0.3) is 0 Å². The molecule has 0 aliphatic rings. The number of aromatic amines is 1. The molecule has 0 aliphatic carbocycles. The van der Waals surface area contributed by atoms with E-state index in [4.69, 9.17) is 11.6 Å². The van der Waals surface area contributed by atoms with Crippen molar-refractivity contribution in [2.45, 2.75) is 0 Å². The Hall–Kier alpha value is -2.92. The molecule has 0 saturated heterocycles. The first kappa shape index (κ1) is 13.7. The molecule has 5 nitrogen and oxygen atoms in total. The molecule has 112 valence electrons. The van der Waals surface area contributed by atoms with Gasteiger partial charge in [0.2, 0.25) is 0 Å². The van der Waals surface area contributed by atoms with Crippen LogP contribution in [0.1, 0.15) is 10.5 Å². The predicted octanol–water partition coefficient (Wildman–Crippen LogP) is 3.88. The number of aldehydes is 1. The van der Waals surface area contributed by atoms with Gasteiger partial charge in [0, 0.05) is 35.1 Å². The van der Waals surface area contributed by atoms with Gasteiger partial charge in [-0.1, -0.05) is 11.6 Å². The first-order valence-corrected chi connectivity index (χ1v) is 7.36. The number of hydrogen-bond acceptors (Lipinski definition) is 3. The molecule has 4 rings (SSSR count). The van der Waals surface area contributed by atoms with Crippen molar-refractivity contribution < 1.29 is 4.79 Å². The molecule has 0 saturated carbocycles. The smallest absolute Gasteiger partial charge is 0.168 e. The van der Waals surface area contributed by atoms with Gasteiger partial charge < -0.3 is 4.57 Å². The molecule has 1 aromatic carbocycles. The summed E-state index contributed by atoms with van der Waals surface area (Å²) in [6, 6.07) is 11.4. The SMILES string of the molecule is O=Cc1[nH]nc2cc(Cl)c(-c3ccc(-n4cccc4)nc3)cc12. The van der Waals surface area contributed by atoms with Crippen LogP contribution in [0.5, 0.6) is 0 Å². The summed E-state index contributed by atoms with van der Waals surface area (Å²) < 4.78 is 1.93. The lowest BCUT2D eigenvalue weighted by atomic mass is 10.0. The second kappa shape index (κ2) is 5.37. The fraction of sp³-hybridized carbons (Fsp3) is 0. The highest BCUT2D eigenvalue weighted by Gasteiger charge is 2.11. The number of fused-ring (bicyclic) bond motifs is 1. The Morgan fingerprint density at radius 2 is 2.00 bits per heavy atom. The van der Waals surface area contributed by atoms with Gasteiger partial charge in [0.1, 0.15) is 11.5 Å². The Morgan fingerprint density at radius 1 is 1.17 bits per heavy atom. The summed E-state index contributed by atoms with van der Waals surface area (Å²) in [6.45, 7) is 0. The number of benzene rings is 1. The Bertz CT molecular complexity index is 988. The van der Waals surface area contributed by atoms with E-state index in [-0.39, 0.29) is 0 Å². The summed E-state index contributed by atoms with van der Waals surface area (Å²) in [5.74, 6) is 0.827. The Morgan fingerprint density at radius 3 is 2.70 bits per heavy atom. The van der Waals surface area contributed by atoms with E-state index in [2.05, 4.69) is 15.2 Å². The van der Waals surface area contributed by atoms with Crippen molar-refractivity contribution in [3.05, 3.63) is 65.7 Å². The largest absolute Gasteiger partial charge is 0.309 e. The summed E-state index contributed by atoms with van der Waals surface area (Å²) in [4.78, 5) is 15.5. The molecule has 0 spiro atoms. The fourth-order valence-corrected chi connectivity index (χ4v) is 2.82. The summed E-state index contributed by atoms with van der Waals surface area (Å²) in [5, 5.41) is 8.09. The Labute approximate surface area is 136 Å². The third-order valence-corrected chi connectivity index (χ3v) is 4.03. The number of nitrogens with zero attached hydrogens (tertiary/aromatic N) is 3. The first-order chi connectivity index (χ1) is 11.3. The molecule has 4 aromatic rings. The van der Waals surface area contributed by atoms with Crippen molar-refractivity contribution >= 4 is 28.8 Å².